The van der Waals surface area contributed by atoms with Crippen LogP contribution in [0, 0.1) is 5.92 Å². The molecular weight excluding hydrogens is 300 g/mol. The maximum atomic E-state index is 11.9. The summed E-state index contributed by atoms with van der Waals surface area (Å²) in [4.78, 5) is 12.7. The fraction of sp³-hybridized carbons (Fsp3) is 0.615. The predicted octanol–water partition coefficient (Wildman–Crippen LogP) is 4.29. The summed E-state index contributed by atoms with van der Waals surface area (Å²) < 4.78 is 6.59. The molecule has 0 bridgehead atoms. The summed E-state index contributed by atoms with van der Waals surface area (Å²) in [7, 11) is 0. The molecule has 1 heterocycles. The quantitative estimate of drug-likeness (QED) is 0.775. The molecule has 0 radical (unpaired) electrons. The Hall–Kier alpha value is -0.190. The van der Waals surface area contributed by atoms with E-state index in [2.05, 4.69) is 22.9 Å². The van der Waals surface area contributed by atoms with Gasteiger partial charge in [0, 0.05) is 4.47 Å². The summed E-state index contributed by atoms with van der Waals surface area (Å²) in [5.41, 5.74) is 0. The van der Waals surface area contributed by atoms with Gasteiger partial charge >= 0.3 is 0 Å². The maximum Gasteiger partial charge on any atom is 0.199 e. The average Bonchev–Trinajstić information content (AvgIpc) is 2.74. The number of hydrogen-bond donors (Lipinski definition) is 0. The van der Waals surface area contributed by atoms with Gasteiger partial charge in [0.2, 0.25) is 0 Å². The molecule has 0 unspecified atom stereocenters. The molecule has 0 aliphatic heterocycles. The number of hydrogen-bond acceptors (Lipinski definition) is 3. The molecule has 0 spiro atoms. The Morgan fingerprint density at radius 2 is 2.18 bits per heavy atom. The van der Waals surface area contributed by atoms with Gasteiger partial charge in [-0.2, -0.15) is 0 Å². The van der Waals surface area contributed by atoms with Crippen LogP contribution < -0.4 is 0 Å². The molecule has 0 saturated heterocycles. The molecule has 4 heteroatoms. The number of halogens is 1. The molecule has 2 rings (SSSR count). The molecule has 0 atom stereocenters. The minimum absolute atomic E-state index is 0.0884. The largest absolute Gasteiger partial charge is 0.370 e. The monoisotopic (exact) mass is 316 g/mol. The van der Waals surface area contributed by atoms with Crippen LogP contribution in [0.2, 0.25) is 0 Å². The molecule has 0 amide bonds. The van der Waals surface area contributed by atoms with Crippen molar-refractivity contribution in [3.8, 4) is 0 Å². The number of rotatable bonds is 4. The van der Waals surface area contributed by atoms with Crippen molar-refractivity contribution in [2.45, 2.75) is 38.7 Å². The van der Waals surface area contributed by atoms with E-state index < -0.39 is 0 Å². The lowest BCUT2D eigenvalue weighted by Crippen LogP contribution is -2.23. The third-order valence-electron chi connectivity index (χ3n) is 3.28. The fourth-order valence-corrected chi connectivity index (χ4v) is 3.67. The van der Waals surface area contributed by atoms with Crippen LogP contribution in [0.3, 0.4) is 0 Å². The van der Waals surface area contributed by atoms with Gasteiger partial charge in [0.15, 0.2) is 5.78 Å². The van der Waals surface area contributed by atoms with Gasteiger partial charge in [-0.05, 0) is 59.0 Å². The van der Waals surface area contributed by atoms with Crippen LogP contribution in [0.5, 0.6) is 0 Å². The highest BCUT2D eigenvalue weighted by atomic mass is 79.9. The molecule has 2 nitrogen and oxygen atoms in total. The Labute approximate surface area is 114 Å². The van der Waals surface area contributed by atoms with E-state index in [-0.39, 0.29) is 18.5 Å². The summed E-state index contributed by atoms with van der Waals surface area (Å²) in [5.74, 6) is 0.905. The minimum Gasteiger partial charge on any atom is -0.370 e. The summed E-state index contributed by atoms with van der Waals surface area (Å²) >= 11 is 4.84. The Balaban J connectivity index is 1.79. The predicted molar refractivity (Wildman–Crippen MR) is 73.7 cm³/mol. The van der Waals surface area contributed by atoms with Crippen molar-refractivity contribution in [2.24, 2.45) is 5.92 Å². The zero-order valence-electron chi connectivity index (χ0n) is 9.95. The van der Waals surface area contributed by atoms with Crippen LogP contribution in [-0.2, 0) is 4.74 Å². The lowest BCUT2D eigenvalue weighted by atomic mass is 9.89. The van der Waals surface area contributed by atoms with Crippen molar-refractivity contribution in [3.05, 3.63) is 20.8 Å². The van der Waals surface area contributed by atoms with Crippen LogP contribution in [0.1, 0.15) is 42.3 Å². The van der Waals surface area contributed by atoms with E-state index in [9.17, 15) is 4.79 Å². The highest BCUT2D eigenvalue weighted by Crippen LogP contribution is 2.27. The Morgan fingerprint density at radius 1 is 1.47 bits per heavy atom. The smallest absolute Gasteiger partial charge is 0.199 e. The van der Waals surface area contributed by atoms with Gasteiger partial charge in [-0.3, -0.25) is 4.79 Å². The molecule has 94 valence electrons. The highest BCUT2D eigenvalue weighted by Gasteiger charge is 2.20. The summed E-state index contributed by atoms with van der Waals surface area (Å²) in [5, 5.41) is 1.92. The van der Waals surface area contributed by atoms with E-state index in [1.807, 2.05) is 11.4 Å². The first kappa shape index (κ1) is 13.2. The van der Waals surface area contributed by atoms with Crippen molar-refractivity contribution >= 4 is 33.0 Å². The van der Waals surface area contributed by atoms with E-state index in [0.717, 1.165) is 28.1 Å². The lowest BCUT2D eigenvalue weighted by molar-refractivity contribution is 0.0219. The zero-order chi connectivity index (χ0) is 12.3. The van der Waals surface area contributed by atoms with Crippen LogP contribution in [0.4, 0.5) is 0 Å². The van der Waals surface area contributed by atoms with Crippen molar-refractivity contribution in [2.75, 3.05) is 6.61 Å². The van der Waals surface area contributed by atoms with Crippen LogP contribution >= 0.6 is 27.3 Å². The van der Waals surface area contributed by atoms with Gasteiger partial charge in [-0.25, -0.2) is 0 Å². The van der Waals surface area contributed by atoms with Crippen molar-refractivity contribution in [3.63, 3.8) is 0 Å². The molecule has 1 aliphatic carbocycles. The summed E-state index contributed by atoms with van der Waals surface area (Å²) in [6.07, 6.45) is 4.93. The average molecular weight is 317 g/mol. The third-order valence-corrected chi connectivity index (χ3v) is 5.16. The first-order valence-electron chi connectivity index (χ1n) is 6.04. The molecule has 1 aromatic rings. The normalized spacial score (nSPS) is 24.8. The van der Waals surface area contributed by atoms with Crippen molar-refractivity contribution < 1.29 is 9.53 Å². The van der Waals surface area contributed by atoms with E-state index in [1.54, 1.807) is 0 Å². The van der Waals surface area contributed by atoms with Gasteiger partial charge in [0.1, 0.15) is 6.61 Å². The lowest BCUT2D eigenvalue weighted by Gasteiger charge is -2.25. The number of carbonyl (C=O) groups is 1. The fourth-order valence-electron chi connectivity index (χ4n) is 2.15. The molecular formula is C13H17BrO2S. The molecule has 1 fully saturated rings. The number of ketones is 1. The Kier molecular flexibility index (Phi) is 4.77. The van der Waals surface area contributed by atoms with Gasteiger partial charge in [-0.15, -0.1) is 11.3 Å². The molecule has 1 saturated carbocycles. The van der Waals surface area contributed by atoms with Crippen LogP contribution in [0.15, 0.2) is 15.9 Å². The van der Waals surface area contributed by atoms with Gasteiger partial charge < -0.3 is 4.74 Å². The second-order valence-corrected chi connectivity index (χ2v) is 6.48. The Bertz CT molecular complexity index is 381. The van der Waals surface area contributed by atoms with E-state index in [0.29, 0.717) is 0 Å². The van der Waals surface area contributed by atoms with E-state index in [1.165, 1.54) is 24.2 Å². The minimum atomic E-state index is 0.0884. The molecule has 1 aromatic heterocycles. The van der Waals surface area contributed by atoms with Crippen LogP contribution in [-0.4, -0.2) is 18.5 Å². The summed E-state index contributed by atoms with van der Waals surface area (Å²) in [6, 6.07) is 1.90. The topological polar surface area (TPSA) is 26.3 Å². The first-order valence-corrected chi connectivity index (χ1v) is 7.72. The molecule has 0 N–H and O–H groups in total. The molecule has 17 heavy (non-hydrogen) atoms. The number of thiophene rings is 1. The highest BCUT2D eigenvalue weighted by molar-refractivity contribution is 9.10. The van der Waals surface area contributed by atoms with Crippen LogP contribution in [0.25, 0.3) is 0 Å². The third kappa shape index (κ3) is 3.63. The second kappa shape index (κ2) is 6.12. The van der Waals surface area contributed by atoms with E-state index in [4.69, 9.17) is 4.74 Å². The van der Waals surface area contributed by atoms with E-state index >= 15 is 0 Å². The van der Waals surface area contributed by atoms with Gasteiger partial charge in [-0.1, -0.05) is 6.92 Å². The second-order valence-electron chi connectivity index (χ2n) is 4.71. The number of carbonyl (C=O) groups excluding carboxylic acids is 1. The van der Waals surface area contributed by atoms with Crippen molar-refractivity contribution in [1.82, 2.24) is 0 Å². The number of ether oxygens (including phenoxy) is 1. The van der Waals surface area contributed by atoms with Gasteiger partial charge in [0.25, 0.3) is 0 Å². The standard InChI is InChI=1S/C13H17BrO2S/c1-9-2-4-10(5-3-9)16-8-12(15)13-11(14)6-7-17-13/h6-7,9-10H,2-5,8H2,1H3. The molecule has 1 aliphatic rings. The number of Topliss-reactive ketones (excluding diaryl/α,β-unsaturated/α-hetero) is 1. The maximum absolute atomic E-state index is 11.9. The first-order chi connectivity index (χ1) is 8.16. The Morgan fingerprint density at radius 3 is 2.76 bits per heavy atom. The van der Waals surface area contributed by atoms with Gasteiger partial charge in [0.05, 0.1) is 11.0 Å². The molecule has 0 aromatic carbocycles. The SMILES string of the molecule is CC1CCC(OCC(=O)c2sccc2Br)CC1. The zero-order valence-corrected chi connectivity index (χ0v) is 12.4. The van der Waals surface area contributed by atoms with Crippen molar-refractivity contribution in [1.29, 1.82) is 0 Å². The summed E-state index contributed by atoms with van der Waals surface area (Å²) in [6.45, 7) is 2.50.